The molecule has 2 aromatic rings. The fourth-order valence-corrected chi connectivity index (χ4v) is 2.56. The smallest absolute Gasteiger partial charge is 0.334 e. The molecule has 1 aliphatic rings. The van der Waals surface area contributed by atoms with Gasteiger partial charge in [-0.3, -0.25) is 4.79 Å². The van der Waals surface area contributed by atoms with E-state index in [1.54, 1.807) is 35.9 Å². The van der Waals surface area contributed by atoms with Crippen molar-refractivity contribution in [2.45, 2.75) is 13.0 Å². The second-order valence-corrected chi connectivity index (χ2v) is 5.76. The van der Waals surface area contributed by atoms with Crippen LogP contribution in [0.25, 0.3) is 5.69 Å². The fourth-order valence-electron chi connectivity index (χ4n) is 2.43. The number of hydrogen-bond acceptors (Lipinski definition) is 5. The second-order valence-electron chi connectivity index (χ2n) is 5.32. The average Bonchev–Trinajstić information content (AvgIpc) is 2.97. The highest BCUT2D eigenvalue weighted by Crippen LogP contribution is 2.15. The summed E-state index contributed by atoms with van der Waals surface area (Å²) in [6.07, 6.45) is -1.03. The summed E-state index contributed by atoms with van der Waals surface area (Å²) in [6, 6.07) is 6.98. The number of morpholine rings is 1. The number of aryl methyl sites for hydroxylation is 1. The Bertz CT molecular complexity index is 774. The lowest BCUT2D eigenvalue weighted by atomic mass is 10.2. The molecule has 3 rings (SSSR count). The maximum Gasteiger partial charge on any atom is 0.334 e. The van der Waals surface area contributed by atoms with Gasteiger partial charge in [-0.05, 0) is 31.2 Å². The maximum atomic E-state index is 12.5. The Morgan fingerprint density at radius 1 is 1.33 bits per heavy atom. The minimum absolute atomic E-state index is 0.0217. The zero-order valence-corrected chi connectivity index (χ0v) is 13.6. The van der Waals surface area contributed by atoms with Crippen molar-refractivity contribution in [3.05, 3.63) is 40.9 Å². The van der Waals surface area contributed by atoms with E-state index in [4.69, 9.17) is 21.4 Å². The van der Waals surface area contributed by atoms with E-state index >= 15 is 0 Å². The number of ether oxygens (including phenoxy) is 1. The molecule has 9 heteroatoms. The van der Waals surface area contributed by atoms with E-state index in [1.165, 1.54) is 4.90 Å². The molecule has 1 N–H and O–H groups in total. The molecule has 0 bridgehead atoms. The quantitative estimate of drug-likeness (QED) is 0.892. The summed E-state index contributed by atoms with van der Waals surface area (Å²) in [7, 11) is 0. The number of halogens is 1. The highest BCUT2D eigenvalue weighted by Gasteiger charge is 2.31. The van der Waals surface area contributed by atoms with Crippen LogP contribution >= 0.6 is 11.6 Å². The summed E-state index contributed by atoms with van der Waals surface area (Å²) in [5.41, 5.74) is 0.730. The van der Waals surface area contributed by atoms with Crippen molar-refractivity contribution in [3.63, 3.8) is 0 Å². The first-order valence-corrected chi connectivity index (χ1v) is 7.67. The van der Waals surface area contributed by atoms with Gasteiger partial charge >= 0.3 is 5.97 Å². The molecular weight excluding hydrogens is 336 g/mol. The maximum absolute atomic E-state index is 12.5. The van der Waals surface area contributed by atoms with E-state index in [0.717, 1.165) is 5.69 Å². The predicted octanol–water partition coefficient (Wildman–Crippen LogP) is 1.15. The molecule has 1 atom stereocenters. The fraction of sp³-hybridized carbons (Fsp3) is 0.333. The normalized spacial score (nSPS) is 17.8. The van der Waals surface area contributed by atoms with Crippen LogP contribution in [0.4, 0.5) is 0 Å². The first-order chi connectivity index (χ1) is 11.5. The standard InChI is InChI=1S/C15H15ClN4O4/c1-9-17-13(18-20(9)11-4-2-10(16)3-5-11)14(21)19-6-7-24-12(8-19)15(22)23/h2-5,12H,6-8H2,1H3,(H,22,23). The lowest BCUT2D eigenvalue weighted by Gasteiger charge is -2.29. The SMILES string of the molecule is Cc1nc(C(=O)N2CCOC(C(=O)O)C2)nn1-c1ccc(Cl)cc1. The Labute approximate surface area is 142 Å². The lowest BCUT2D eigenvalue weighted by molar-refractivity contribution is -0.154. The number of carboxylic acid groups (broad SMARTS) is 1. The van der Waals surface area contributed by atoms with Crippen LogP contribution in [0, 0.1) is 6.92 Å². The summed E-state index contributed by atoms with van der Waals surface area (Å²) in [6.45, 7) is 2.18. The van der Waals surface area contributed by atoms with E-state index < -0.39 is 18.0 Å². The van der Waals surface area contributed by atoms with E-state index in [1.807, 2.05) is 0 Å². The Hall–Kier alpha value is -2.45. The van der Waals surface area contributed by atoms with Crippen molar-refractivity contribution in [1.82, 2.24) is 19.7 Å². The van der Waals surface area contributed by atoms with Crippen LogP contribution in [0.3, 0.4) is 0 Å². The van der Waals surface area contributed by atoms with Gasteiger partial charge in [0, 0.05) is 11.6 Å². The summed E-state index contributed by atoms with van der Waals surface area (Å²) in [4.78, 5) is 29.1. The number of rotatable bonds is 3. The molecule has 0 saturated carbocycles. The zero-order valence-electron chi connectivity index (χ0n) is 12.8. The van der Waals surface area contributed by atoms with Gasteiger partial charge in [-0.1, -0.05) is 11.6 Å². The third kappa shape index (κ3) is 3.24. The topological polar surface area (TPSA) is 97.6 Å². The van der Waals surface area contributed by atoms with Gasteiger partial charge in [0.1, 0.15) is 5.82 Å². The Kier molecular flexibility index (Phi) is 4.50. The molecule has 1 unspecified atom stereocenters. The molecule has 0 spiro atoms. The van der Waals surface area contributed by atoms with Gasteiger partial charge in [-0.15, -0.1) is 5.10 Å². The summed E-state index contributed by atoms with van der Waals surface area (Å²) < 4.78 is 6.65. The summed E-state index contributed by atoms with van der Waals surface area (Å²) in [5, 5.41) is 13.9. The molecule has 0 aliphatic carbocycles. The molecule has 24 heavy (non-hydrogen) atoms. The molecule has 1 aliphatic heterocycles. The molecule has 1 amide bonds. The molecule has 1 aromatic heterocycles. The highest BCUT2D eigenvalue weighted by atomic mass is 35.5. The first-order valence-electron chi connectivity index (χ1n) is 7.29. The van der Waals surface area contributed by atoms with E-state index in [2.05, 4.69) is 10.1 Å². The number of hydrogen-bond donors (Lipinski definition) is 1. The largest absolute Gasteiger partial charge is 0.479 e. The number of aromatic nitrogens is 3. The van der Waals surface area contributed by atoms with Gasteiger partial charge < -0.3 is 14.7 Å². The van der Waals surface area contributed by atoms with Crippen LogP contribution in [0.15, 0.2) is 24.3 Å². The third-order valence-electron chi connectivity index (χ3n) is 3.66. The molecular formula is C15H15ClN4O4. The van der Waals surface area contributed by atoms with Crippen LogP contribution in [-0.2, 0) is 9.53 Å². The van der Waals surface area contributed by atoms with Gasteiger partial charge in [-0.2, -0.15) is 0 Å². The summed E-state index contributed by atoms with van der Waals surface area (Å²) >= 11 is 5.87. The van der Waals surface area contributed by atoms with Crippen molar-refractivity contribution in [2.75, 3.05) is 19.7 Å². The number of nitrogens with zero attached hydrogens (tertiary/aromatic N) is 4. The van der Waals surface area contributed by atoms with Crippen LogP contribution in [0.5, 0.6) is 0 Å². The Balaban J connectivity index is 1.82. The number of benzene rings is 1. The van der Waals surface area contributed by atoms with E-state index in [9.17, 15) is 9.59 Å². The molecule has 2 heterocycles. The number of carbonyl (C=O) groups is 2. The number of aliphatic carboxylic acids is 1. The molecule has 0 radical (unpaired) electrons. The van der Waals surface area contributed by atoms with Crippen molar-refractivity contribution >= 4 is 23.5 Å². The first kappa shape index (κ1) is 16.4. The zero-order chi connectivity index (χ0) is 17.3. The number of carbonyl (C=O) groups excluding carboxylic acids is 1. The van der Waals surface area contributed by atoms with Crippen LogP contribution in [0.2, 0.25) is 5.02 Å². The van der Waals surface area contributed by atoms with Gasteiger partial charge in [-0.25, -0.2) is 14.5 Å². The minimum Gasteiger partial charge on any atom is -0.479 e. The van der Waals surface area contributed by atoms with E-state index in [-0.39, 0.29) is 19.0 Å². The summed E-state index contributed by atoms with van der Waals surface area (Å²) in [5.74, 6) is -0.944. The highest BCUT2D eigenvalue weighted by molar-refractivity contribution is 6.30. The van der Waals surface area contributed by atoms with Gasteiger partial charge in [0.2, 0.25) is 5.82 Å². The van der Waals surface area contributed by atoms with Gasteiger partial charge in [0.15, 0.2) is 6.10 Å². The Morgan fingerprint density at radius 3 is 2.71 bits per heavy atom. The van der Waals surface area contributed by atoms with Crippen molar-refractivity contribution < 1.29 is 19.4 Å². The van der Waals surface area contributed by atoms with Gasteiger partial charge in [0.05, 0.1) is 18.8 Å². The molecule has 1 saturated heterocycles. The van der Waals surface area contributed by atoms with Crippen LogP contribution in [-0.4, -0.2) is 62.4 Å². The lowest BCUT2D eigenvalue weighted by Crippen LogP contribution is -2.48. The average molecular weight is 351 g/mol. The van der Waals surface area contributed by atoms with Crippen molar-refractivity contribution in [2.24, 2.45) is 0 Å². The second kappa shape index (κ2) is 6.58. The number of amides is 1. The molecule has 126 valence electrons. The minimum atomic E-state index is -1.09. The monoisotopic (exact) mass is 350 g/mol. The van der Waals surface area contributed by atoms with Crippen molar-refractivity contribution in [3.8, 4) is 5.69 Å². The van der Waals surface area contributed by atoms with Gasteiger partial charge in [0.25, 0.3) is 5.91 Å². The van der Waals surface area contributed by atoms with Crippen LogP contribution < -0.4 is 0 Å². The molecule has 8 nitrogen and oxygen atoms in total. The van der Waals surface area contributed by atoms with Crippen molar-refractivity contribution in [1.29, 1.82) is 0 Å². The molecule has 1 aromatic carbocycles. The van der Waals surface area contributed by atoms with Crippen LogP contribution in [0.1, 0.15) is 16.4 Å². The third-order valence-corrected chi connectivity index (χ3v) is 3.91. The Morgan fingerprint density at radius 2 is 2.04 bits per heavy atom. The number of carboxylic acids is 1. The predicted molar refractivity (Wildman–Crippen MR) is 84.4 cm³/mol. The van der Waals surface area contributed by atoms with E-state index in [0.29, 0.717) is 17.4 Å². The molecule has 1 fully saturated rings.